The molecule has 4 heteroatoms. The zero-order chi connectivity index (χ0) is 16.5. The van der Waals surface area contributed by atoms with Gasteiger partial charge >= 0.3 is 0 Å². The molecule has 0 amide bonds. The molecule has 124 valence electrons. The first-order chi connectivity index (χ1) is 11.8. The number of hydrogen-bond acceptors (Lipinski definition) is 4. The summed E-state index contributed by atoms with van der Waals surface area (Å²) in [4.78, 5) is 0. The van der Waals surface area contributed by atoms with Crippen molar-refractivity contribution >= 4 is 16.3 Å². The summed E-state index contributed by atoms with van der Waals surface area (Å²) in [5.41, 5.74) is 2.26. The van der Waals surface area contributed by atoms with E-state index in [2.05, 4.69) is 18.2 Å². The van der Waals surface area contributed by atoms with Crippen LogP contribution in [0.25, 0.3) is 16.3 Å². The van der Waals surface area contributed by atoms with Gasteiger partial charge in [0.2, 0.25) is 0 Å². The number of fused-ring (bicyclic) bond motifs is 1. The molecule has 0 spiro atoms. The molecule has 4 nitrogen and oxygen atoms in total. The second-order valence-electron chi connectivity index (χ2n) is 5.86. The van der Waals surface area contributed by atoms with Crippen molar-refractivity contribution in [1.29, 1.82) is 0 Å². The molecule has 1 aliphatic heterocycles. The zero-order valence-electron chi connectivity index (χ0n) is 13.9. The van der Waals surface area contributed by atoms with Crippen molar-refractivity contribution in [3.8, 4) is 11.5 Å². The van der Waals surface area contributed by atoms with Gasteiger partial charge in [0.05, 0.1) is 14.2 Å². The van der Waals surface area contributed by atoms with Crippen molar-refractivity contribution in [2.45, 2.75) is 12.8 Å². The molecule has 1 heterocycles. The van der Waals surface area contributed by atoms with Gasteiger partial charge in [-0.25, -0.2) is 0 Å². The minimum Gasteiger partial charge on any atom is -0.493 e. The monoisotopic (exact) mass is 324 g/mol. The lowest BCUT2D eigenvalue weighted by molar-refractivity contribution is 0.0635. The average molecular weight is 324 g/mol. The molecule has 0 atom stereocenters. The van der Waals surface area contributed by atoms with Gasteiger partial charge in [-0.15, -0.1) is 0 Å². The molecular formula is C20H20O4. The topological polar surface area (TPSA) is 36.9 Å². The predicted octanol–water partition coefficient (Wildman–Crippen LogP) is 4.29. The molecule has 0 bridgehead atoms. The lowest BCUT2D eigenvalue weighted by Gasteiger charge is -2.26. The van der Waals surface area contributed by atoms with Crippen molar-refractivity contribution in [3.05, 3.63) is 53.5 Å². The van der Waals surface area contributed by atoms with E-state index in [0.717, 1.165) is 52.2 Å². The third kappa shape index (κ3) is 2.39. The van der Waals surface area contributed by atoms with E-state index < -0.39 is 0 Å². The standard InChI is InChI=1S/C20H20O4/c1-21-18-11-13-5-3-4-6-15(13)19(20(18)22-2)14-7-8-16-17(12-14)24-10-9-23-16/h3-6,11-12H,7-10H2,1-2H3. The van der Waals surface area contributed by atoms with Crippen molar-refractivity contribution in [1.82, 2.24) is 0 Å². The Bertz CT molecular complexity index is 848. The average Bonchev–Trinajstić information content (AvgIpc) is 2.65. The number of allylic oxidation sites excluding steroid dienone is 3. The van der Waals surface area contributed by atoms with E-state index in [4.69, 9.17) is 18.9 Å². The summed E-state index contributed by atoms with van der Waals surface area (Å²) in [5, 5.41) is 2.29. The van der Waals surface area contributed by atoms with Gasteiger partial charge in [-0.2, -0.15) is 0 Å². The van der Waals surface area contributed by atoms with Gasteiger partial charge in [0.1, 0.15) is 19.0 Å². The van der Waals surface area contributed by atoms with E-state index >= 15 is 0 Å². The molecule has 0 saturated heterocycles. The normalized spacial score (nSPS) is 16.8. The summed E-state index contributed by atoms with van der Waals surface area (Å²) in [5.74, 6) is 3.31. The van der Waals surface area contributed by atoms with Crippen LogP contribution >= 0.6 is 0 Å². The van der Waals surface area contributed by atoms with Gasteiger partial charge in [0, 0.05) is 12.0 Å². The Labute approximate surface area is 141 Å². The fourth-order valence-corrected chi connectivity index (χ4v) is 3.44. The fourth-order valence-electron chi connectivity index (χ4n) is 3.44. The van der Waals surface area contributed by atoms with E-state index in [1.54, 1.807) is 14.2 Å². The molecule has 0 saturated carbocycles. The summed E-state index contributed by atoms with van der Waals surface area (Å²) in [6.07, 6.45) is 3.81. The minimum atomic E-state index is 0.596. The van der Waals surface area contributed by atoms with E-state index in [0.29, 0.717) is 13.2 Å². The van der Waals surface area contributed by atoms with Crippen LogP contribution in [0.1, 0.15) is 18.4 Å². The maximum Gasteiger partial charge on any atom is 0.168 e. The van der Waals surface area contributed by atoms with Crippen molar-refractivity contribution < 1.29 is 18.9 Å². The van der Waals surface area contributed by atoms with Gasteiger partial charge in [-0.1, -0.05) is 24.3 Å². The molecule has 4 rings (SSSR count). The molecule has 1 aliphatic carbocycles. The number of methoxy groups -OCH3 is 2. The second kappa shape index (κ2) is 6.11. The van der Waals surface area contributed by atoms with Crippen molar-refractivity contribution in [3.63, 3.8) is 0 Å². The summed E-state index contributed by atoms with van der Waals surface area (Å²) in [6.45, 7) is 1.23. The highest BCUT2D eigenvalue weighted by Gasteiger charge is 2.24. The molecule has 2 aromatic carbocycles. The Kier molecular flexibility index (Phi) is 3.81. The van der Waals surface area contributed by atoms with Crippen LogP contribution in [0.15, 0.2) is 47.9 Å². The molecule has 0 fully saturated rings. The number of hydrogen-bond donors (Lipinski definition) is 0. The first-order valence-electron chi connectivity index (χ1n) is 8.15. The Morgan fingerprint density at radius 1 is 0.958 bits per heavy atom. The first kappa shape index (κ1) is 14.9. The smallest absolute Gasteiger partial charge is 0.168 e. The summed E-state index contributed by atoms with van der Waals surface area (Å²) in [7, 11) is 3.36. The van der Waals surface area contributed by atoms with Crippen LogP contribution in [-0.4, -0.2) is 27.4 Å². The lowest BCUT2D eigenvalue weighted by Crippen LogP contribution is -2.15. The summed E-state index contributed by atoms with van der Waals surface area (Å²) < 4.78 is 22.8. The predicted molar refractivity (Wildman–Crippen MR) is 93.2 cm³/mol. The third-order valence-electron chi connectivity index (χ3n) is 4.53. The highest BCUT2D eigenvalue weighted by atomic mass is 16.6. The summed E-state index contributed by atoms with van der Waals surface area (Å²) >= 11 is 0. The van der Waals surface area contributed by atoms with Crippen LogP contribution in [0.2, 0.25) is 0 Å². The van der Waals surface area contributed by atoms with Crippen LogP contribution in [0.4, 0.5) is 0 Å². The van der Waals surface area contributed by atoms with E-state index in [9.17, 15) is 0 Å². The minimum absolute atomic E-state index is 0.596. The molecule has 2 aromatic rings. The van der Waals surface area contributed by atoms with Gasteiger partial charge < -0.3 is 18.9 Å². The van der Waals surface area contributed by atoms with E-state index in [1.165, 1.54) is 5.57 Å². The summed E-state index contributed by atoms with van der Waals surface area (Å²) in [6, 6.07) is 10.3. The molecule has 0 unspecified atom stereocenters. The quantitative estimate of drug-likeness (QED) is 0.844. The Morgan fingerprint density at radius 2 is 1.79 bits per heavy atom. The van der Waals surface area contributed by atoms with Gasteiger partial charge in [-0.3, -0.25) is 0 Å². The van der Waals surface area contributed by atoms with Crippen LogP contribution in [-0.2, 0) is 9.47 Å². The molecule has 0 N–H and O–H groups in total. The Hall–Kier alpha value is -2.62. The largest absolute Gasteiger partial charge is 0.493 e. The van der Waals surface area contributed by atoms with Gasteiger partial charge in [0.15, 0.2) is 17.3 Å². The van der Waals surface area contributed by atoms with E-state index in [1.807, 2.05) is 18.2 Å². The maximum atomic E-state index is 5.78. The highest BCUT2D eigenvalue weighted by molar-refractivity contribution is 5.99. The Morgan fingerprint density at radius 3 is 2.62 bits per heavy atom. The molecule has 2 aliphatic rings. The highest BCUT2D eigenvalue weighted by Crippen LogP contribution is 2.45. The van der Waals surface area contributed by atoms with Gasteiger partial charge in [-0.05, 0) is 34.9 Å². The second-order valence-corrected chi connectivity index (χ2v) is 5.86. The molecule has 24 heavy (non-hydrogen) atoms. The number of rotatable bonds is 3. The number of benzene rings is 2. The first-order valence-corrected chi connectivity index (χ1v) is 8.15. The molecular weight excluding hydrogens is 304 g/mol. The third-order valence-corrected chi connectivity index (χ3v) is 4.53. The molecule has 0 aromatic heterocycles. The number of ether oxygens (including phenoxy) is 4. The van der Waals surface area contributed by atoms with Crippen LogP contribution < -0.4 is 9.47 Å². The SMILES string of the molecule is COc1cc2ccccc2c(C2=CC3=C(CC2)OCCO3)c1OC. The van der Waals surface area contributed by atoms with Gasteiger partial charge in [0.25, 0.3) is 0 Å². The van der Waals surface area contributed by atoms with Crippen molar-refractivity contribution in [2.75, 3.05) is 27.4 Å². The van der Waals surface area contributed by atoms with Crippen molar-refractivity contribution in [2.24, 2.45) is 0 Å². The molecule has 0 radical (unpaired) electrons. The van der Waals surface area contributed by atoms with E-state index in [-0.39, 0.29) is 0 Å². The lowest BCUT2D eigenvalue weighted by atomic mass is 9.90. The maximum absolute atomic E-state index is 5.78. The van der Waals surface area contributed by atoms with Crippen LogP contribution in [0.3, 0.4) is 0 Å². The van der Waals surface area contributed by atoms with Crippen LogP contribution in [0, 0.1) is 0 Å². The van der Waals surface area contributed by atoms with Crippen LogP contribution in [0.5, 0.6) is 11.5 Å². The Balaban J connectivity index is 1.95. The zero-order valence-corrected chi connectivity index (χ0v) is 13.9. The fraction of sp³-hybridized carbons (Fsp3) is 0.300.